The number of carbonyl (C=O) groups is 2. The fourth-order valence-corrected chi connectivity index (χ4v) is 5.97. The summed E-state index contributed by atoms with van der Waals surface area (Å²) >= 11 is 0. The van der Waals surface area contributed by atoms with Crippen molar-refractivity contribution >= 4 is 26.8 Å². The molecule has 0 heterocycles. The first-order valence-corrected chi connectivity index (χ1v) is 14.1. The fraction of sp³-hybridized carbons (Fsp3) is 0.600. The number of rotatable bonds is 19. The normalized spacial score (nSPS) is 11.6. The molecule has 1 aromatic rings. The zero-order valence-corrected chi connectivity index (χ0v) is 22.0. The number of hydrogen-bond donors (Lipinski definition) is 1. The van der Waals surface area contributed by atoms with E-state index in [1.54, 1.807) is 18.2 Å². The Bertz CT molecular complexity index is 748. The lowest BCUT2D eigenvalue weighted by atomic mass is 10.2. The van der Waals surface area contributed by atoms with Crippen molar-refractivity contribution < 1.29 is 37.4 Å². The second kappa shape index (κ2) is 17.3. The summed E-state index contributed by atoms with van der Waals surface area (Å²) in [7, 11) is -2.65. The average Bonchev–Trinajstić information content (AvgIpc) is 2.79. The summed E-state index contributed by atoms with van der Waals surface area (Å²) < 4.78 is 28.9. The Morgan fingerprint density at radius 2 is 1.59 bits per heavy atom. The lowest BCUT2D eigenvalue weighted by Gasteiger charge is -2.28. The first-order valence-electron chi connectivity index (χ1n) is 12.2. The molecule has 8 nitrogen and oxygen atoms in total. The molecule has 0 unspecified atom stereocenters. The topological polar surface area (TPSA) is 101 Å². The van der Waals surface area contributed by atoms with E-state index in [1.807, 2.05) is 20.8 Å². The van der Waals surface area contributed by atoms with Crippen molar-refractivity contribution in [3.63, 3.8) is 0 Å². The zero-order valence-electron chi connectivity index (χ0n) is 21.0. The van der Waals surface area contributed by atoms with Gasteiger partial charge in [0.25, 0.3) is 0 Å². The Labute approximate surface area is 204 Å². The van der Waals surface area contributed by atoms with Crippen LogP contribution in [0.5, 0.6) is 11.5 Å². The maximum Gasteiger partial charge on any atom is 0.500 e. The summed E-state index contributed by atoms with van der Waals surface area (Å²) in [4.78, 5) is 23.2. The Hall–Kier alpha value is -2.20. The minimum absolute atomic E-state index is 0.279. The highest BCUT2D eigenvalue weighted by atomic mass is 28.4. The molecule has 0 aliphatic rings. The minimum Gasteiger partial charge on any atom is -0.490 e. The van der Waals surface area contributed by atoms with E-state index in [1.165, 1.54) is 6.08 Å². The summed E-state index contributed by atoms with van der Waals surface area (Å²) in [5, 5.41) is 8.83. The molecule has 0 amide bonds. The standard InChI is InChI=1S/C25H40O8Si/c1-5-9-18-29-23-20-21(15-17-24(26)27)14-16-22(23)33-25(28)13-11-10-12-19-34(30-6-2,31-7-3)32-8-4/h14-17,20H,5-13,18-19H2,1-4H3,(H,26,27). The van der Waals surface area contributed by atoms with Gasteiger partial charge >= 0.3 is 20.7 Å². The summed E-state index contributed by atoms with van der Waals surface area (Å²) in [5.74, 6) is -0.607. The highest BCUT2D eigenvalue weighted by Gasteiger charge is 2.39. The van der Waals surface area contributed by atoms with Gasteiger partial charge in [0.05, 0.1) is 6.61 Å². The molecule has 0 fully saturated rings. The van der Waals surface area contributed by atoms with Crippen molar-refractivity contribution in [2.24, 2.45) is 0 Å². The van der Waals surface area contributed by atoms with Crippen LogP contribution in [0.1, 0.15) is 71.8 Å². The van der Waals surface area contributed by atoms with Gasteiger partial charge in [-0.05, 0) is 63.8 Å². The molecule has 34 heavy (non-hydrogen) atoms. The second-order valence-electron chi connectivity index (χ2n) is 7.60. The molecular weight excluding hydrogens is 456 g/mol. The van der Waals surface area contributed by atoms with Gasteiger partial charge < -0.3 is 27.9 Å². The molecule has 192 valence electrons. The number of benzene rings is 1. The van der Waals surface area contributed by atoms with E-state index in [2.05, 4.69) is 6.92 Å². The molecule has 0 aliphatic heterocycles. The number of carboxylic acids is 1. The Kier molecular flexibility index (Phi) is 15.1. The van der Waals surface area contributed by atoms with E-state index >= 15 is 0 Å². The van der Waals surface area contributed by atoms with Gasteiger partial charge in [-0.1, -0.05) is 25.8 Å². The van der Waals surface area contributed by atoms with E-state index in [9.17, 15) is 9.59 Å². The number of esters is 1. The van der Waals surface area contributed by atoms with Gasteiger partial charge in [0.15, 0.2) is 11.5 Å². The minimum atomic E-state index is -2.65. The van der Waals surface area contributed by atoms with Crippen LogP contribution >= 0.6 is 0 Å². The van der Waals surface area contributed by atoms with Crippen LogP contribution in [0.25, 0.3) is 6.08 Å². The van der Waals surface area contributed by atoms with Crippen LogP contribution in [-0.4, -0.2) is 52.3 Å². The van der Waals surface area contributed by atoms with Gasteiger partial charge in [-0.15, -0.1) is 0 Å². The predicted octanol–water partition coefficient (Wildman–Crippen LogP) is 5.48. The smallest absolute Gasteiger partial charge is 0.490 e. The van der Waals surface area contributed by atoms with Gasteiger partial charge in [0.2, 0.25) is 0 Å². The second-order valence-corrected chi connectivity index (χ2v) is 10.3. The average molecular weight is 497 g/mol. The molecule has 0 saturated heterocycles. The third kappa shape index (κ3) is 11.8. The van der Waals surface area contributed by atoms with Crippen molar-refractivity contribution in [3.8, 4) is 11.5 Å². The Morgan fingerprint density at radius 3 is 2.18 bits per heavy atom. The van der Waals surface area contributed by atoms with Gasteiger partial charge in [-0.2, -0.15) is 0 Å². The van der Waals surface area contributed by atoms with Crippen molar-refractivity contribution in [2.45, 2.75) is 72.3 Å². The third-order valence-corrected chi connectivity index (χ3v) is 7.97. The van der Waals surface area contributed by atoms with E-state index < -0.39 is 14.8 Å². The lowest BCUT2D eigenvalue weighted by Crippen LogP contribution is -2.45. The Morgan fingerprint density at radius 1 is 0.912 bits per heavy atom. The molecule has 0 aliphatic carbocycles. The van der Waals surface area contributed by atoms with Crippen LogP contribution in [0, 0.1) is 0 Å². The van der Waals surface area contributed by atoms with Crippen molar-refractivity contribution in [1.29, 1.82) is 0 Å². The lowest BCUT2D eigenvalue weighted by molar-refractivity contribution is -0.134. The van der Waals surface area contributed by atoms with E-state index in [0.29, 0.717) is 49.9 Å². The number of ether oxygens (including phenoxy) is 2. The van der Waals surface area contributed by atoms with Crippen LogP contribution in [0.15, 0.2) is 24.3 Å². The molecule has 1 N–H and O–H groups in total. The number of hydrogen-bond acceptors (Lipinski definition) is 7. The van der Waals surface area contributed by atoms with E-state index in [-0.39, 0.29) is 12.4 Å². The van der Waals surface area contributed by atoms with Gasteiger partial charge in [0.1, 0.15) is 0 Å². The van der Waals surface area contributed by atoms with Crippen LogP contribution in [-0.2, 0) is 22.9 Å². The SMILES string of the molecule is CCCCOc1cc(C=CC(=O)O)ccc1OC(=O)CCCCC[Si](OCC)(OCC)OCC. The van der Waals surface area contributed by atoms with Crippen LogP contribution in [0.4, 0.5) is 0 Å². The molecule has 0 aromatic heterocycles. The number of unbranched alkanes of at least 4 members (excludes halogenated alkanes) is 3. The van der Waals surface area contributed by atoms with Crippen LogP contribution in [0.2, 0.25) is 6.04 Å². The summed E-state index contributed by atoms with van der Waals surface area (Å²) in [5.41, 5.74) is 0.652. The highest BCUT2D eigenvalue weighted by Crippen LogP contribution is 2.30. The van der Waals surface area contributed by atoms with Gasteiger partial charge in [-0.25, -0.2) is 4.79 Å². The first kappa shape index (κ1) is 29.8. The van der Waals surface area contributed by atoms with Crippen molar-refractivity contribution in [2.75, 3.05) is 26.4 Å². The molecule has 1 rings (SSSR count). The molecule has 0 saturated carbocycles. The fourth-order valence-electron chi connectivity index (χ4n) is 3.28. The van der Waals surface area contributed by atoms with Crippen molar-refractivity contribution in [3.05, 3.63) is 29.8 Å². The maximum atomic E-state index is 12.4. The molecular formula is C25H40O8Si. The highest BCUT2D eigenvalue weighted by molar-refractivity contribution is 6.60. The predicted molar refractivity (Wildman–Crippen MR) is 133 cm³/mol. The number of carbonyl (C=O) groups excluding carboxylic acids is 1. The number of aliphatic carboxylic acids is 1. The van der Waals surface area contributed by atoms with Crippen molar-refractivity contribution in [1.82, 2.24) is 0 Å². The van der Waals surface area contributed by atoms with E-state index in [4.69, 9.17) is 27.9 Å². The quantitative estimate of drug-likeness (QED) is 0.0884. The summed E-state index contributed by atoms with van der Waals surface area (Å²) in [6.45, 7) is 9.99. The molecule has 9 heteroatoms. The molecule has 0 spiro atoms. The number of carboxylic acid groups (broad SMARTS) is 1. The van der Waals surface area contributed by atoms with Gasteiger partial charge in [-0.3, -0.25) is 4.79 Å². The molecule has 1 aromatic carbocycles. The maximum absolute atomic E-state index is 12.4. The first-order chi connectivity index (χ1) is 16.4. The summed E-state index contributed by atoms with van der Waals surface area (Å²) in [6, 6.07) is 5.72. The van der Waals surface area contributed by atoms with Crippen LogP contribution in [0.3, 0.4) is 0 Å². The molecule has 0 bridgehead atoms. The third-order valence-electron chi connectivity index (χ3n) is 4.82. The zero-order chi connectivity index (χ0) is 25.2. The Balaban J connectivity index is 2.63. The van der Waals surface area contributed by atoms with E-state index in [0.717, 1.165) is 37.8 Å². The molecule has 0 radical (unpaired) electrons. The monoisotopic (exact) mass is 496 g/mol. The molecule has 0 atom stereocenters. The largest absolute Gasteiger partial charge is 0.500 e. The summed E-state index contributed by atoms with van der Waals surface area (Å²) in [6.07, 6.45) is 6.98. The van der Waals surface area contributed by atoms with Crippen LogP contribution < -0.4 is 9.47 Å². The van der Waals surface area contributed by atoms with Gasteiger partial charge in [0, 0.05) is 38.4 Å².